The summed E-state index contributed by atoms with van der Waals surface area (Å²) in [5.74, 6) is 1.34. The number of nitrogens with one attached hydrogen (secondary N) is 1. The van der Waals surface area contributed by atoms with Gasteiger partial charge in [-0.1, -0.05) is 29.4 Å². The van der Waals surface area contributed by atoms with Crippen LogP contribution >= 0.6 is 11.3 Å². The highest BCUT2D eigenvalue weighted by molar-refractivity contribution is 7.12. The van der Waals surface area contributed by atoms with E-state index in [2.05, 4.69) is 10.5 Å². The minimum atomic E-state index is -0.329. The van der Waals surface area contributed by atoms with E-state index in [1.54, 1.807) is 24.3 Å². The Morgan fingerprint density at radius 2 is 1.73 bits per heavy atom. The van der Waals surface area contributed by atoms with Crippen LogP contribution in [0, 0.1) is 0 Å². The third kappa shape index (κ3) is 5.09. The fourth-order valence-electron chi connectivity index (χ4n) is 2.06. The van der Waals surface area contributed by atoms with Crippen molar-refractivity contribution >= 4 is 28.8 Å². The molecule has 3 N–H and O–H groups in total. The van der Waals surface area contributed by atoms with E-state index < -0.39 is 0 Å². The second kappa shape index (κ2) is 8.68. The summed E-state index contributed by atoms with van der Waals surface area (Å²) in [6.07, 6.45) is 0. The molecule has 7 heteroatoms. The molecule has 0 saturated heterocycles. The molecule has 0 radical (unpaired) electrons. The fourth-order valence-corrected chi connectivity index (χ4v) is 2.68. The standard InChI is InChI=1S/C19H17N3O3S/c20-19(17-7-4-12-26-17)22-24-13-18(23)21-14-8-10-16(11-9-14)25-15-5-2-1-3-6-15/h1-12H,13H2,(H2,20,22)(H,21,23). The van der Waals surface area contributed by atoms with Gasteiger partial charge < -0.3 is 20.6 Å². The minimum absolute atomic E-state index is 0.228. The van der Waals surface area contributed by atoms with E-state index in [1.807, 2.05) is 47.8 Å². The molecule has 0 saturated carbocycles. The van der Waals surface area contributed by atoms with Gasteiger partial charge >= 0.3 is 0 Å². The van der Waals surface area contributed by atoms with Crippen molar-refractivity contribution in [2.45, 2.75) is 0 Å². The molecule has 0 unspecified atom stereocenters. The molecule has 1 amide bonds. The number of thiophene rings is 1. The van der Waals surface area contributed by atoms with Crippen LogP contribution in [0.15, 0.2) is 77.3 Å². The Balaban J connectivity index is 1.47. The molecule has 1 heterocycles. The number of nitrogens with two attached hydrogens (primary N) is 1. The van der Waals surface area contributed by atoms with Crippen LogP contribution in [-0.2, 0) is 9.63 Å². The van der Waals surface area contributed by atoms with Crippen LogP contribution in [0.1, 0.15) is 4.88 Å². The number of hydrogen-bond donors (Lipinski definition) is 2. The normalized spacial score (nSPS) is 11.0. The highest BCUT2D eigenvalue weighted by atomic mass is 32.1. The molecule has 3 aromatic rings. The van der Waals surface area contributed by atoms with Crippen molar-refractivity contribution < 1.29 is 14.4 Å². The van der Waals surface area contributed by atoms with E-state index >= 15 is 0 Å². The first-order chi connectivity index (χ1) is 12.7. The van der Waals surface area contributed by atoms with Gasteiger partial charge in [0.1, 0.15) is 11.5 Å². The monoisotopic (exact) mass is 367 g/mol. The zero-order valence-electron chi connectivity index (χ0n) is 13.8. The zero-order chi connectivity index (χ0) is 18.2. The topological polar surface area (TPSA) is 85.9 Å². The number of nitrogens with zero attached hydrogens (tertiary/aromatic N) is 1. The van der Waals surface area contributed by atoms with Gasteiger partial charge in [0.05, 0.1) is 4.88 Å². The quantitative estimate of drug-likeness (QED) is 0.378. The maximum absolute atomic E-state index is 11.9. The third-order valence-corrected chi connectivity index (χ3v) is 4.14. The van der Waals surface area contributed by atoms with E-state index in [4.69, 9.17) is 15.3 Å². The van der Waals surface area contributed by atoms with Gasteiger partial charge in [-0.05, 0) is 47.8 Å². The summed E-state index contributed by atoms with van der Waals surface area (Å²) >= 11 is 1.45. The minimum Gasteiger partial charge on any atom is -0.457 e. The molecule has 132 valence electrons. The summed E-state index contributed by atoms with van der Waals surface area (Å²) in [5, 5.41) is 8.33. The summed E-state index contributed by atoms with van der Waals surface area (Å²) in [6, 6.07) is 20.2. The van der Waals surface area contributed by atoms with Crippen molar-refractivity contribution in [1.29, 1.82) is 0 Å². The molecule has 0 atom stereocenters. The average molecular weight is 367 g/mol. The van der Waals surface area contributed by atoms with Crippen LogP contribution in [0.5, 0.6) is 11.5 Å². The smallest absolute Gasteiger partial charge is 0.265 e. The van der Waals surface area contributed by atoms with E-state index in [9.17, 15) is 4.79 Å². The summed E-state index contributed by atoms with van der Waals surface area (Å²) in [4.78, 5) is 17.7. The number of carbonyl (C=O) groups excluding carboxylic acids is 1. The Morgan fingerprint density at radius 1 is 1.00 bits per heavy atom. The van der Waals surface area contributed by atoms with Crippen LogP contribution < -0.4 is 15.8 Å². The molecule has 0 aliphatic carbocycles. The summed E-state index contributed by atoms with van der Waals surface area (Å²) in [5.41, 5.74) is 6.38. The molecule has 0 aliphatic heterocycles. The molecule has 0 aliphatic rings. The van der Waals surface area contributed by atoms with E-state index in [-0.39, 0.29) is 18.3 Å². The number of benzene rings is 2. The Morgan fingerprint density at radius 3 is 2.42 bits per heavy atom. The molecule has 2 aromatic carbocycles. The van der Waals surface area contributed by atoms with E-state index in [0.29, 0.717) is 11.4 Å². The number of carbonyl (C=O) groups is 1. The third-order valence-electron chi connectivity index (χ3n) is 3.25. The number of hydrogen-bond acceptors (Lipinski definition) is 5. The predicted octanol–water partition coefficient (Wildman–Crippen LogP) is 3.82. The van der Waals surface area contributed by atoms with Crippen molar-refractivity contribution in [3.63, 3.8) is 0 Å². The van der Waals surface area contributed by atoms with Crippen LogP contribution in [0.2, 0.25) is 0 Å². The van der Waals surface area contributed by atoms with Crippen LogP contribution in [0.25, 0.3) is 0 Å². The first-order valence-corrected chi connectivity index (χ1v) is 8.71. The van der Waals surface area contributed by atoms with Crippen molar-refractivity contribution in [3.05, 3.63) is 77.0 Å². The number of anilines is 1. The molecule has 6 nitrogen and oxygen atoms in total. The second-order valence-corrected chi connectivity index (χ2v) is 6.16. The van der Waals surface area contributed by atoms with Gasteiger partial charge in [-0.3, -0.25) is 4.79 Å². The molecule has 0 spiro atoms. The first kappa shape index (κ1) is 17.5. The fraction of sp³-hybridized carbons (Fsp3) is 0.0526. The largest absolute Gasteiger partial charge is 0.457 e. The number of oxime groups is 1. The SMILES string of the molecule is N/C(=N/OCC(=O)Nc1ccc(Oc2ccccc2)cc1)c1cccs1. The Bertz CT molecular complexity index is 863. The van der Waals surface area contributed by atoms with Crippen molar-refractivity contribution in [1.82, 2.24) is 0 Å². The van der Waals surface area contributed by atoms with Gasteiger partial charge in [0.2, 0.25) is 0 Å². The molecule has 1 aromatic heterocycles. The lowest BCUT2D eigenvalue weighted by atomic mass is 10.3. The lowest BCUT2D eigenvalue weighted by Gasteiger charge is -2.08. The Kier molecular flexibility index (Phi) is 5.84. The van der Waals surface area contributed by atoms with Crippen LogP contribution in [0.3, 0.4) is 0 Å². The molecule has 0 bridgehead atoms. The molecule has 3 rings (SSSR count). The zero-order valence-corrected chi connectivity index (χ0v) is 14.6. The Hall–Kier alpha value is -3.32. The van der Waals surface area contributed by atoms with Gasteiger partial charge in [-0.15, -0.1) is 11.3 Å². The van der Waals surface area contributed by atoms with Crippen LogP contribution in [0.4, 0.5) is 5.69 Å². The predicted molar refractivity (Wildman–Crippen MR) is 103 cm³/mol. The lowest BCUT2D eigenvalue weighted by molar-refractivity contribution is -0.120. The van der Waals surface area contributed by atoms with Gasteiger partial charge in [0, 0.05) is 5.69 Å². The van der Waals surface area contributed by atoms with Crippen LogP contribution in [-0.4, -0.2) is 18.3 Å². The summed E-state index contributed by atoms with van der Waals surface area (Å²) in [6.45, 7) is -0.228. The Labute approximate surface area is 154 Å². The second-order valence-electron chi connectivity index (χ2n) is 5.21. The van der Waals surface area contributed by atoms with Crippen molar-refractivity contribution in [2.75, 3.05) is 11.9 Å². The highest BCUT2D eigenvalue weighted by Crippen LogP contribution is 2.22. The van der Waals surface area contributed by atoms with Gasteiger partial charge in [0.25, 0.3) is 5.91 Å². The van der Waals surface area contributed by atoms with Gasteiger partial charge in [-0.25, -0.2) is 0 Å². The summed E-state index contributed by atoms with van der Waals surface area (Å²) in [7, 11) is 0. The highest BCUT2D eigenvalue weighted by Gasteiger charge is 2.05. The average Bonchev–Trinajstić information content (AvgIpc) is 3.19. The number of amidine groups is 1. The van der Waals surface area contributed by atoms with Crippen molar-refractivity contribution in [3.8, 4) is 11.5 Å². The van der Waals surface area contributed by atoms with Gasteiger partial charge in [0.15, 0.2) is 12.4 Å². The number of ether oxygens (including phenoxy) is 1. The first-order valence-electron chi connectivity index (χ1n) is 7.83. The van der Waals surface area contributed by atoms with Gasteiger partial charge in [-0.2, -0.15) is 0 Å². The number of para-hydroxylation sites is 1. The molecular formula is C19H17N3O3S. The maximum atomic E-state index is 11.9. The molecular weight excluding hydrogens is 350 g/mol. The summed E-state index contributed by atoms with van der Waals surface area (Å²) < 4.78 is 5.70. The number of rotatable bonds is 7. The molecule has 0 fully saturated rings. The van der Waals surface area contributed by atoms with E-state index in [0.717, 1.165) is 10.6 Å². The maximum Gasteiger partial charge on any atom is 0.265 e. The van der Waals surface area contributed by atoms with E-state index in [1.165, 1.54) is 11.3 Å². The number of amides is 1. The molecule has 26 heavy (non-hydrogen) atoms. The van der Waals surface area contributed by atoms with Crippen molar-refractivity contribution in [2.24, 2.45) is 10.9 Å². The lowest BCUT2D eigenvalue weighted by Crippen LogP contribution is -2.19.